The summed E-state index contributed by atoms with van der Waals surface area (Å²) in [5.74, 6) is -0.112. The molecule has 0 fully saturated rings. The summed E-state index contributed by atoms with van der Waals surface area (Å²) in [6.45, 7) is 7.31. The molecule has 0 radical (unpaired) electrons. The van der Waals surface area contributed by atoms with Gasteiger partial charge in [-0.05, 0) is 30.4 Å². The zero-order chi connectivity index (χ0) is 13.5. The van der Waals surface area contributed by atoms with Crippen molar-refractivity contribution >= 4 is 5.97 Å². The van der Waals surface area contributed by atoms with Gasteiger partial charge in [0.15, 0.2) is 0 Å². The summed E-state index contributed by atoms with van der Waals surface area (Å²) in [4.78, 5) is 10.8. The van der Waals surface area contributed by atoms with Gasteiger partial charge >= 0.3 is 5.97 Å². The van der Waals surface area contributed by atoms with E-state index in [0.717, 1.165) is 24.1 Å². The zero-order valence-corrected chi connectivity index (χ0v) is 11.4. The molecule has 0 aromatic heterocycles. The summed E-state index contributed by atoms with van der Waals surface area (Å²) in [6, 6.07) is 8.17. The summed E-state index contributed by atoms with van der Waals surface area (Å²) in [7, 11) is 0. The third-order valence-electron chi connectivity index (χ3n) is 2.93. The summed E-state index contributed by atoms with van der Waals surface area (Å²) < 4.78 is 0. The van der Waals surface area contributed by atoms with E-state index in [0.29, 0.717) is 12.0 Å². The van der Waals surface area contributed by atoms with Crippen LogP contribution < -0.4 is 5.32 Å². The van der Waals surface area contributed by atoms with Crippen molar-refractivity contribution in [2.24, 2.45) is 5.92 Å². The highest BCUT2D eigenvalue weighted by Crippen LogP contribution is 2.11. The Kier molecular flexibility index (Phi) is 5.86. The molecule has 3 heteroatoms. The molecule has 1 unspecified atom stereocenters. The molecule has 0 saturated heterocycles. The van der Waals surface area contributed by atoms with Crippen molar-refractivity contribution in [1.29, 1.82) is 0 Å². The van der Waals surface area contributed by atoms with Crippen LogP contribution in [0.2, 0.25) is 0 Å². The summed E-state index contributed by atoms with van der Waals surface area (Å²) in [6.07, 6.45) is 1.22. The van der Waals surface area contributed by atoms with E-state index in [2.05, 4.69) is 26.1 Å². The molecule has 100 valence electrons. The molecular weight excluding hydrogens is 226 g/mol. The van der Waals surface area contributed by atoms with Crippen LogP contribution in [0.15, 0.2) is 24.3 Å². The van der Waals surface area contributed by atoms with Gasteiger partial charge in [0, 0.05) is 12.6 Å². The monoisotopic (exact) mass is 249 g/mol. The Morgan fingerprint density at radius 3 is 2.39 bits per heavy atom. The van der Waals surface area contributed by atoms with Gasteiger partial charge in [-0.25, -0.2) is 0 Å². The Labute approximate surface area is 109 Å². The SMILES string of the molecule is CC(C)CC(C)NCc1ccccc1CC(=O)O. The third kappa shape index (κ3) is 5.32. The number of carboxylic acids is 1. The van der Waals surface area contributed by atoms with Crippen LogP contribution >= 0.6 is 0 Å². The minimum Gasteiger partial charge on any atom is -0.481 e. The second-order valence-electron chi connectivity index (χ2n) is 5.25. The van der Waals surface area contributed by atoms with Crippen molar-refractivity contribution < 1.29 is 9.90 Å². The maximum Gasteiger partial charge on any atom is 0.307 e. The number of carbonyl (C=O) groups is 1. The first-order chi connectivity index (χ1) is 8.49. The Morgan fingerprint density at radius 2 is 1.83 bits per heavy atom. The highest BCUT2D eigenvalue weighted by molar-refractivity contribution is 5.70. The Balaban J connectivity index is 2.58. The lowest BCUT2D eigenvalue weighted by Crippen LogP contribution is -2.27. The van der Waals surface area contributed by atoms with Crippen molar-refractivity contribution in [2.45, 2.75) is 46.2 Å². The van der Waals surface area contributed by atoms with E-state index in [1.807, 2.05) is 24.3 Å². The number of hydrogen-bond donors (Lipinski definition) is 2. The van der Waals surface area contributed by atoms with Crippen molar-refractivity contribution in [1.82, 2.24) is 5.32 Å². The molecule has 2 N–H and O–H groups in total. The lowest BCUT2D eigenvalue weighted by Gasteiger charge is -2.17. The number of rotatable bonds is 7. The number of carboxylic acid groups (broad SMARTS) is 1. The van der Waals surface area contributed by atoms with E-state index in [4.69, 9.17) is 5.11 Å². The summed E-state index contributed by atoms with van der Waals surface area (Å²) in [5.41, 5.74) is 1.98. The fraction of sp³-hybridized carbons (Fsp3) is 0.533. The number of hydrogen-bond acceptors (Lipinski definition) is 2. The van der Waals surface area contributed by atoms with E-state index in [1.54, 1.807) is 0 Å². The molecule has 3 nitrogen and oxygen atoms in total. The average Bonchev–Trinajstić information content (AvgIpc) is 2.26. The van der Waals surface area contributed by atoms with Crippen LogP contribution in [-0.4, -0.2) is 17.1 Å². The van der Waals surface area contributed by atoms with Crippen molar-refractivity contribution in [2.75, 3.05) is 0 Å². The fourth-order valence-corrected chi connectivity index (χ4v) is 2.14. The topological polar surface area (TPSA) is 49.3 Å². The van der Waals surface area contributed by atoms with Crippen LogP contribution in [0.4, 0.5) is 0 Å². The summed E-state index contributed by atoms with van der Waals surface area (Å²) in [5, 5.41) is 12.3. The average molecular weight is 249 g/mol. The number of nitrogens with one attached hydrogen (secondary N) is 1. The van der Waals surface area contributed by atoms with Crippen molar-refractivity contribution in [3.05, 3.63) is 35.4 Å². The standard InChI is InChI=1S/C15H23NO2/c1-11(2)8-12(3)16-10-14-7-5-4-6-13(14)9-15(17)18/h4-7,11-12,16H,8-10H2,1-3H3,(H,17,18). The quantitative estimate of drug-likeness (QED) is 0.781. The third-order valence-corrected chi connectivity index (χ3v) is 2.93. The molecule has 0 aliphatic carbocycles. The van der Waals surface area contributed by atoms with Gasteiger partial charge in [0.1, 0.15) is 0 Å². The van der Waals surface area contributed by atoms with Gasteiger partial charge in [0.05, 0.1) is 6.42 Å². The van der Waals surface area contributed by atoms with Gasteiger partial charge in [0.2, 0.25) is 0 Å². The maximum atomic E-state index is 10.8. The van der Waals surface area contributed by atoms with Gasteiger partial charge in [0.25, 0.3) is 0 Å². The molecule has 1 atom stereocenters. The van der Waals surface area contributed by atoms with Crippen LogP contribution in [0.5, 0.6) is 0 Å². The van der Waals surface area contributed by atoms with Crippen LogP contribution in [-0.2, 0) is 17.8 Å². The minimum atomic E-state index is -0.780. The number of benzene rings is 1. The molecule has 1 aromatic rings. The normalized spacial score (nSPS) is 12.7. The van der Waals surface area contributed by atoms with Crippen molar-refractivity contribution in [3.8, 4) is 0 Å². The van der Waals surface area contributed by atoms with Gasteiger partial charge in [-0.1, -0.05) is 38.1 Å². The number of aliphatic carboxylic acids is 1. The molecule has 0 bridgehead atoms. The second kappa shape index (κ2) is 7.17. The fourth-order valence-electron chi connectivity index (χ4n) is 2.14. The first-order valence-electron chi connectivity index (χ1n) is 6.51. The first kappa shape index (κ1) is 14.7. The largest absolute Gasteiger partial charge is 0.481 e. The van der Waals surface area contributed by atoms with E-state index in [-0.39, 0.29) is 6.42 Å². The van der Waals surface area contributed by atoms with Crippen LogP contribution in [0, 0.1) is 5.92 Å². The predicted octanol–water partition coefficient (Wildman–Crippen LogP) is 2.84. The van der Waals surface area contributed by atoms with Gasteiger partial charge < -0.3 is 10.4 Å². The van der Waals surface area contributed by atoms with E-state index < -0.39 is 5.97 Å². The first-order valence-corrected chi connectivity index (χ1v) is 6.51. The molecule has 0 amide bonds. The van der Waals surface area contributed by atoms with E-state index >= 15 is 0 Å². The molecule has 0 aliphatic heterocycles. The molecule has 1 rings (SSSR count). The molecule has 0 saturated carbocycles. The maximum absolute atomic E-state index is 10.8. The Morgan fingerprint density at radius 1 is 1.22 bits per heavy atom. The predicted molar refractivity (Wildman–Crippen MR) is 73.5 cm³/mol. The van der Waals surface area contributed by atoms with Crippen molar-refractivity contribution in [3.63, 3.8) is 0 Å². The van der Waals surface area contributed by atoms with Gasteiger partial charge in [-0.15, -0.1) is 0 Å². The molecule has 1 aromatic carbocycles. The van der Waals surface area contributed by atoms with E-state index in [1.165, 1.54) is 0 Å². The Hall–Kier alpha value is -1.35. The second-order valence-corrected chi connectivity index (χ2v) is 5.25. The zero-order valence-electron chi connectivity index (χ0n) is 11.4. The molecule has 0 spiro atoms. The highest BCUT2D eigenvalue weighted by atomic mass is 16.4. The Bertz CT molecular complexity index is 388. The van der Waals surface area contributed by atoms with Gasteiger partial charge in [-0.3, -0.25) is 4.79 Å². The lowest BCUT2D eigenvalue weighted by molar-refractivity contribution is -0.136. The van der Waals surface area contributed by atoms with Gasteiger partial charge in [-0.2, -0.15) is 0 Å². The van der Waals surface area contributed by atoms with Crippen LogP contribution in [0.1, 0.15) is 38.3 Å². The highest BCUT2D eigenvalue weighted by Gasteiger charge is 2.08. The van der Waals surface area contributed by atoms with Crippen LogP contribution in [0.3, 0.4) is 0 Å². The smallest absolute Gasteiger partial charge is 0.307 e. The van der Waals surface area contributed by atoms with Crippen LogP contribution in [0.25, 0.3) is 0 Å². The molecular formula is C15H23NO2. The summed E-state index contributed by atoms with van der Waals surface area (Å²) >= 11 is 0. The molecule has 0 aliphatic rings. The minimum absolute atomic E-state index is 0.0937. The van der Waals surface area contributed by atoms with E-state index in [9.17, 15) is 4.79 Å². The molecule has 0 heterocycles. The lowest BCUT2D eigenvalue weighted by atomic mass is 10.0. The molecule has 18 heavy (non-hydrogen) atoms.